The number of hydrogen-bond donors (Lipinski definition) is 2. The van der Waals surface area contributed by atoms with Crippen molar-refractivity contribution in [2.75, 3.05) is 43.9 Å². The van der Waals surface area contributed by atoms with Gasteiger partial charge in [-0.3, -0.25) is 0 Å². The predicted octanol–water partition coefficient (Wildman–Crippen LogP) is 1.82. The van der Waals surface area contributed by atoms with Gasteiger partial charge in [0.2, 0.25) is 10.0 Å². The van der Waals surface area contributed by atoms with Crippen LogP contribution in [-0.2, 0) is 21.2 Å². The van der Waals surface area contributed by atoms with E-state index < -0.39 is 10.0 Å². The zero-order valence-corrected chi connectivity index (χ0v) is 15.7. The van der Waals surface area contributed by atoms with Crippen LogP contribution in [0.1, 0.15) is 11.1 Å². The molecule has 0 saturated carbocycles. The Kier molecular flexibility index (Phi) is 5.96. The van der Waals surface area contributed by atoms with E-state index in [2.05, 4.69) is 11.4 Å². The molecule has 2 aromatic carbocycles. The average Bonchev–Trinajstić information content (AvgIpc) is 2.70. The van der Waals surface area contributed by atoms with Crippen LogP contribution in [0.4, 0.5) is 11.4 Å². The van der Waals surface area contributed by atoms with Gasteiger partial charge in [-0.15, -0.1) is 0 Å². The van der Waals surface area contributed by atoms with Gasteiger partial charge in [-0.25, -0.2) is 8.42 Å². The lowest BCUT2D eigenvalue weighted by Crippen LogP contribution is -2.40. The van der Waals surface area contributed by atoms with Crippen LogP contribution in [-0.4, -0.2) is 45.6 Å². The molecule has 1 aliphatic rings. The summed E-state index contributed by atoms with van der Waals surface area (Å²) in [7, 11) is -3.46. The number of rotatable bonds is 6. The second kappa shape index (κ2) is 8.39. The molecular weight excluding hydrogens is 364 g/mol. The molecule has 0 atom stereocenters. The summed E-state index contributed by atoms with van der Waals surface area (Å²) in [4.78, 5) is 0.304. The molecule has 0 aromatic heterocycles. The van der Waals surface area contributed by atoms with Crippen molar-refractivity contribution in [2.45, 2.75) is 11.3 Å². The largest absolute Gasteiger partial charge is 0.398 e. The minimum Gasteiger partial charge on any atom is -0.398 e. The van der Waals surface area contributed by atoms with E-state index in [1.54, 1.807) is 24.3 Å². The van der Waals surface area contributed by atoms with Crippen molar-refractivity contribution in [3.8, 4) is 6.07 Å². The maximum atomic E-state index is 12.6. The number of hydrogen-bond acceptors (Lipinski definition) is 6. The molecule has 3 rings (SSSR count). The first kappa shape index (κ1) is 19.2. The number of nitrogens with one attached hydrogen (secondary N) is 1. The molecular formula is C19H22N4O3S. The molecule has 1 aliphatic heterocycles. The normalized spacial score (nSPS) is 15.2. The Morgan fingerprint density at radius 3 is 2.52 bits per heavy atom. The van der Waals surface area contributed by atoms with Crippen LogP contribution in [0.3, 0.4) is 0 Å². The zero-order chi connectivity index (χ0) is 19.3. The van der Waals surface area contributed by atoms with Crippen LogP contribution in [0, 0.1) is 11.3 Å². The van der Waals surface area contributed by atoms with Gasteiger partial charge in [0.25, 0.3) is 0 Å². The van der Waals surface area contributed by atoms with E-state index in [-0.39, 0.29) is 0 Å². The average molecular weight is 386 g/mol. The van der Waals surface area contributed by atoms with Crippen molar-refractivity contribution in [3.05, 3.63) is 53.6 Å². The van der Waals surface area contributed by atoms with Crippen LogP contribution in [0.5, 0.6) is 0 Å². The van der Waals surface area contributed by atoms with Gasteiger partial charge in [-0.1, -0.05) is 12.1 Å². The predicted molar refractivity (Wildman–Crippen MR) is 104 cm³/mol. The standard InChI is InChI=1S/C19H22N4O3S/c20-14-16-13-17(3-6-19(16)21)22-8-7-15-1-4-18(5-2-15)27(24,25)23-9-11-26-12-10-23/h1-6,13,22H,7-12,21H2. The minimum atomic E-state index is -3.46. The van der Waals surface area contributed by atoms with Gasteiger partial charge in [0.1, 0.15) is 6.07 Å². The first-order chi connectivity index (χ1) is 13.0. The fourth-order valence-electron chi connectivity index (χ4n) is 2.88. The Balaban J connectivity index is 1.59. The highest BCUT2D eigenvalue weighted by atomic mass is 32.2. The lowest BCUT2D eigenvalue weighted by Gasteiger charge is -2.26. The maximum absolute atomic E-state index is 12.6. The summed E-state index contributed by atoms with van der Waals surface area (Å²) < 4.78 is 31.9. The van der Waals surface area contributed by atoms with Crippen molar-refractivity contribution >= 4 is 21.4 Å². The van der Waals surface area contributed by atoms with Gasteiger partial charge < -0.3 is 15.8 Å². The molecule has 0 radical (unpaired) electrons. The smallest absolute Gasteiger partial charge is 0.243 e. The summed E-state index contributed by atoms with van der Waals surface area (Å²) in [6.07, 6.45) is 0.726. The first-order valence-corrected chi connectivity index (χ1v) is 10.1. The van der Waals surface area contributed by atoms with Crippen LogP contribution in [0.15, 0.2) is 47.4 Å². The molecule has 8 heteroatoms. The maximum Gasteiger partial charge on any atom is 0.243 e. The Morgan fingerprint density at radius 2 is 1.85 bits per heavy atom. The molecule has 1 fully saturated rings. The lowest BCUT2D eigenvalue weighted by molar-refractivity contribution is 0.0730. The molecule has 0 amide bonds. The molecule has 142 valence electrons. The lowest BCUT2D eigenvalue weighted by atomic mass is 10.1. The van der Waals surface area contributed by atoms with Crippen molar-refractivity contribution in [1.29, 1.82) is 5.26 Å². The van der Waals surface area contributed by atoms with Gasteiger partial charge in [0.15, 0.2) is 0 Å². The molecule has 3 N–H and O–H groups in total. The molecule has 7 nitrogen and oxygen atoms in total. The number of ether oxygens (including phenoxy) is 1. The number of nitrogen functional groups attached to an aromatic ring is 1. The summed E-state index contributed by atoms with van der Waals surface area (Å²) in [5.74, 6) is 0. The van der Waals surface area contributed by atoms with Gasteiger partial charge in [-0.05, 0) is 42.3 Å². The molecule has 2 aromatic rings. The van der Waals surface area contributed by atoms with Gasteiger partial charge in [0, 0.05) is 31.0 Å². The number of morpholine rings is 1. The third kappa shape index (κ3) is 4.57. The fraction of sp³-hybridized carbons (Fsp3) is 0.316. The van der Waals surface area contributed by atoms with E-state index in [1.807, 2.05) is 18.2 Å². The van der Waals surface area contributed by atoms with Gasteiger partial charge in [-0.2, -0.15) is 9.57 Å². The van der Waals surface area contributed by atoms with E-state index in [0.29, 0.717) is 49.0 Å². The summed E-state index contributed by atoms with van der Waals surface area (Å²) in [6.45, 7) is 2.30. The molecule has 27 heavy (non-hydrogen) atoms. The second-order valence-electron chi connectivity index (χ2n) is 6.25. The van der Waals surface area contributed by atoms with Crippen LogP contribution in [0.25, 0.3) is 0 Å². The van der Waals surface area contributed by atoms with Crippen molar-refractivity contribution in [1.82, 2.24) is 4.31 Å². The van der Waals surface area contributed by atoms with E-state index >= 15 is 0 Å². The fourth-order valence-corrected chi connectivity index (χ4v) is 4.29. The number of sulfonamides is 1. The van der Waals surface area contributed by atoms with E-state index in [9.17, 15) is 8.42 Å². The topological polar surface area (TPSA) is 108 Å². The summed E-state index contributed by atoms with van der Waals surface area (Å²) in [5.41, 5.74) is 8.47. The number of nitrogens with zero attached hydrogens (tertiary/aromatic N) is 2. The quantitative estimate of drug-likeness (QED) is 0.733. The third-order valence-electron chi connectivity index (χ3n) is 4.45. The number of nitrogens with two attached hydrogens (primary N) is 1. The van der Waals surface area contributed by atoms with Crippen LogP contribution in [0.2, 0.25) is 0 Å². The van der Waals surface area contributed by atoms with Crippen molar-refractivity contribution in [3.63, 3.8) is 0 Å². The number of nitriles is 1. The van der Waals surface area contributed by atoms with Crippen molar-refractivity contribution in [2.24, 2.45) is 0 Å². The minimum absolute atomic E-state index is 0.304. The molecule has 1 saturated heterocycles. The number of benzene rings is 2. The molecule has 0 aliphatic carbocycles. The highest BCUT2D eigenvalue weighted by molar-refractivity contribution is 7.89. The summed E-state index contributed by atoms with van der Waals surface area (Å²) in [6, 6.07) is 14.3. The Hall–Kier alpha value is -2.60. The first-order valence-electron chi connectivity index (χ1n) is 8.71. The Morgan fingerprint density at radius 1 is 1.15 bits per heavy atom. The summed E-state index contributed by atoms with van der Waals surface area (Å²) in [5, 5.41) is 12.3. The van der Waals surface area contributed by atoms with Gasteiger partial charge in [0.05, 0.1) is 23.7 Å². The van der Waals surface area contributed by atoms with E-state index in [1.165, 1.54) is 4.31 Å². The molecule has 0 spiro atoms. The van der Waals surface area contributed by atoms with E-state index in [4.69, 9.17) is 15.7 Å². The number of anilines is 2. The monoisotopic (exact) mass is 386 g/mol. The molecule has 0 bridgehead atoms. The molecule has 1 heterocycles. The van der Waals surface area contributed by atoms with Crippen LogP contribution >= 0.6 is 0 Å². The highest BCUT2D eigenvalue weighted by Crippen LogP contribution is 2.19. The Labute approximate surface area is 159 Å². The summed E-state index contributed by atoms with van der Waals surface area (Å²) >= 11 is 0. The molecule has 0 unspecified atom stereocenters. The highest BCUT2D eigenvalue weighted by Gasteiger charge is 2.25. The Bertz CT molecular complexity index is 930. The SMILES string of the molecule is N#Cc1cc(NCCc2ccc(S(=O)(=O)N3CCOCC3)cc2)ccc1N. The van der Waals surface area contributed by atoms with Crippen molar-refractivity contribution < 1.29 is 13.2 Å². The van der Waals surface area contributed by atoms with Gasteiger partial charge >= 0.3 is 0 Å². The van der Waals surface area contributed by atoms with Crippen LogP contribution < -0.4 is 11.1 Å². The third-order valence-corrected chi connectivity index (χ3v) is 6.36. The van der Waals surface area contributed by atoms with E-state index in [0.717, 1.165) is 17.7 Å². The zero-order valence-electron chi connectivity index (χ0n) is 14.9. The second-order valence-corrected chi connectivity index (χ2v) is 8.19.